The molecule has 0 radical (unpaired) electrons. The number of rotatable bonds is 5. The number of aliphatic hydroxyl groups excluding tert-OH is 1. The van der Waals surface area contributed by atoms with E-state index in [0.717, 1.165) is 18.6 Å². The molecule has 0 aromatic heterocycles. The molecular formula is C14H24O2. The number of aryl methyl sites for hydroxylation is 2. The number of aliphatic hydroxyl groups is 1. The lowest BCUT2D eigenvalue weighted by Gasteiger charge is -2.10. The molecule has 0 aliphatic heterocycles. The highest BCUT2D eigenvalue weighted by Crippen LogP contribution is 2.21. The molecule has 2 heteroatoms. The van der Waals surface area contributed by atoms with Gasteiger partial charge >= 0.3 is 0 Å². The number of benzene rings is 1. The van der Waals surface area contributed by atoms with Crippen molar-refractivity contribution in [3.05, 3.63) is 29.3 Å². The Hall–Kier alpha value is -1.02. The maximum atomic E-state index is 8.68. The van der Waals surface area contributed by atoms with Gasteiger partial charge < -0.3 is 9.84 Å². The molecule has 0 unspecified atom stereocenters. The Morgan fingerprint density at radius 3 is 2.50 bits per heavy atom. The minimum absolute atomic E-state index is 0.0689. The Morgan fingerprint density at radius 1 is 1.25 bits per heavy atom. The largest absolute Gasteiger partial charge is 0.491 e. The van der Waals surface area contributed by atoms with Gasteiger partial charge in [0, 0.05) is 0 Å². The highest BCUT2D eigenvalue weighted by atomic mass is 16.5. The summed E-state index contributed by atoms with van der Waals surface area (Å²) >= 11 is 0. The van der Waals surface area contributed by atoms with Crippen LogP contribution < -0.4 is 4.74 Å². The third-order valence-corrected chi connectivity index (χ3v) is 2.08. The summed E-state index contributed by atoms with van der Waals surface area (Å²) in [5.74, 6) is 0.909. The minimum atomic E-state index is 0.0689. The van der Waals surface area contributed by atoms with Gasteiger partial charge in [0.1, 0.15) is 12.4 Å². The van der Waals surface area contributed by atoms with Crippen LogP contribution in [0.2, 0.25) is 0 Å². The fraction of sp³-hybridized carbons (Fsp3) is 0.571. The average molecular weight is 224 g/mol. The van der Waals surface area contributed by atoms with Gasteiger partial charge in [0.2, 0.25) is 0 Å². The van der Waals surface area contributed by atoms with E-state index in [1.807, 2.05) is 26.0 Å². The van der Waals surface area contributed by atoms with Crippen LogP contribution in [0.5, 0.6) is 5.75 Å². The smallest absolute Gasteiger partial charge is 0.122 e. The van der Waals surface area contributed by atoms with E-state index in [1.54, 1.807) is 0 Å². The second-order valence-corrected chi connectivity index (χ2v) is 3.43. The van der Waals surface area contributed by atoms with Crippen molar-refractivity contribution < 1.29 is 9.84 Å². The van der Waals surface area contributed by atoms with Crippen LogP contribution >= 0.6 is 0 Å². The molecule has 0 fully saturated rings. The predicted octanol–water partition coefficient (Wildman–Crippen LogP) is 3.34. The zero-order chi connectivity index (χ0) is 12.4. The summed E-state index contributed by atoms with van der Waals surface area (Å²) in [6.07, 6.45) is 2.14. The van der Waals surface area contributed by atoms with E-state index < -0.39 is 0 Å². The molecule has 0 aliphatic rings. The van der Waals surface area contributed by atoms with Crippen molar-refractivity contribution in [2.45, 2.75) is 40.5 Å². The second kappa shape index (κ2) is 9.22. The Kier molecular flexibility index (Phi) is 8.64. The molecule has 0 aliphatic carbocycles. The van der Waals surface area contributed by atoms with Crippen molar-refractivity contribution in [2.24, 2.45) is 0 Å². The molecule has 92 valence electrons. The molecule has 0 heterocycles. The topological polar surface area (TPSA) is 29.5 Å². The van der Waals surface area contributed by atoms with Gasteiger partial charge in [0.15, 0.2) is 0 Å². The summed E-state index contributed by atoms with van der Waals surface area (Å²) < 4.78 is 5.44. The molecule has 1 aromatic carbocycles. The number of hydrogen-bond donors (Lipinski definition) is 1. The zero-order valence-corrected chi connectivity index (χ0v) is 10.9. The lowest BCUT2D eigenvalue weighted by atomic mass is 10.1. The van der Waals surface area contributed by atoms with Crippen molar-refractivity contribution in [2.75, 3.05) is 13.2 Å². The monoisotopic (exact) mass is 224 g/mol. The van der Waals surface area contributed by atoms with Crippen LogP contribution in [0, 0.1) is 6.92 Å². The third-order valence-electron chi connectivity index (χ3n) is 2.08. The third kappa shape index (κ3) is 5.17. The van der Waals surface area contributed by atoms with Crippen molar-refractivity contribution >= 4 is 0 Å². The standard InChI is InChI=1S/C12H18O2.C2H6/c1-3-4-11-9-10(2)5-6-12(11)14-8-7-13;1-2/h5-6,9,13H,3-4,7-8H2,1-2H3;1-2H3. The molecule has 0 saturated carbocycles. The van der Waals surface area contributed by atoms with E-state index >= 15 is 0 Å². The first-order valence-electron chi connectivity index (χ1n) is 6.11. The quantitative estimate of drug-likeness (QED) is 0.831. The number of hydrogen-bond acceptors (Lipinski definition) is 2. The van der Waals surface area contributed by atoms with E-state index in [1.165, 1.54) is 11.1 Å². The Balaban J connectivity index is 0.00000106. The van der Waals surface area contributed by atoms with Gasteiger partial charge in [-0.05, 0) is 25.0 Å². The second-order valence-electron chi connectivity index (χ2n) is 3.43. The molecule has 16 heavy (non-hydrogen) atoms. The molecule has 0 saturated heterocycles. The fourth-order valence-electron chi connectivity index (χ4n) is 1.47. The molecule has 1 rings (SSSR count). The van der Waals surface area contributed by atoms with Gasteiger partial charge in [0.25, 0.3) is 0 Å². The summed E-state index contributed by atoms with van der Waals surface area (Å²) in [5.41, 5.74) is 2.49. The van der Waals surface area contributed by atoms with Crippen LogP contribution in [0.15, 0.2) is 18.2 Å². The van der Waals surface area contributed by atoms with Crippen LogP contribution in [-0.2, 0) is 6.42 Å². The maximum Gasteiger partial charge on any atom is 0.122 e. The number of ether oxygens (including phenoxy) is 1. The van der Waals surface area contributed by atoms with Crippen LogP contribution in [0.25, 0.3) is 0 Å². The Bertz CT molecular complexity index is 282. The van der Waals surface area contributed by atoms with E-state index in [0.29, 0.717) is 6.61 Å². The van der Waals surface area contributed by atoms with E-state index in [9.17, 15) is 0 Å². The first-order valence-corrected chi connectivity index (χ1v) is 6.11. The first-order chi connectivity index (χ1) is 7.77. The van der Waals surface area contributed by atoms with Gasteiger partial charge in [0.05, 0.1) is 6.61 Å². The normalized spacial score (nSPS) is 9.31. The first kappa shape index (κ1) is 15.0. The van der Waals surface area contributed by atoms with Crippen molar-refractivity contribution in [3.8, 4) is 5.75 Å². The molecule has 0 bridgehead atoms. The maximum absolute atomic E-state index is 8.68. The van der Waals surface area contributed by atoms with Gasteiger partial charge in [-0.15, -0.1) is 0 Å². The van der Waals surface area contributed by atoms with Gasteiger partial charge in [-0.25, -0.2) is 0 Å². The van der Waals surface area contributed by atoms with Crippen molar-refractivity contribution in [3.63, 3.8) is 0 Å². The lowest BCUT2D eigenvalue weighted by molar-refractivity contribution is 0.200. The summed E-state index contributed by atoms with van der Waals surface area (Å²) in [7, 11) is 0. The van der Waals surface area contributed by atoms with Crippen molar-refractivity contribution in [1.29, 1.82) is 0 Å². The SMILES string of the molecule is CC.CCCc1cc(C)ccc1OCCO. The molecule has 1 N–H and O–H groups in total. The van der Waals surface area contributed by atoms with Crippen LogP contribution in [0.4, 0.5) is 0 Å². The van der Waals surface area contributed by atoms with Gasteiger partial charge in [-0.1, -0.05) is 44.9 Å². The Labute approximate surface area is 99.3 Å². The predicted molar refractivity (Wildman–Crippen MR) is 69.1 cm³/mol. The van der Waals surface area contributed by atoms with Crippen molar-refractivity contribution in [1.82, 2.24) is 0 Å². The van der Waals surface area contributed by atoms with Crippen LogP contribution in [-0.4, -0.2) is 18.3 Å². The summed E-state index contributed by atoms with van der Waals surface area (Å²) in [6.45, 7) is 8.67. The van der Waals surface area contributed by atoms with Gasteiger partial charge in [-0.3, -0.25) is 0 Å². The summed E-state index contributed by atoms with van der Waals surface area (Å²) in [4.78, 5) is 0. The molecule has 1 aromatic rings. The fourth-order valence-corrected chi connectivity index (χ4v) is 1.47. The van der Waals surface area contributed by atoms with Gasteiger partial charge in [-0.2, -0.15) is 0 Å². The molecule has 0 spiro atoms. The van der Waals surface area contributed by atoms with Crippen LogP contribution in [0.1, 0.15) is 38.3 Å². The summed E-state index contributed by atoms with van der Waals surface area (Å²) in [6, 6.07) is 6.16. The highest BCUT2D eigenvalue weighted by Gasteiger charge is 2.02. The summed E-state index contributed by atoms with van der Waals surface area (Å²) in [5, 5.41) is 8.68. The average Bonchev–Trinajstić information content (AvgIpc) is 2.31. The zero-order valence-electron chi connectivity index (χ0n) is 10.9. The van der Waals surface area contributed by atoms with Crippen LogP contribution in [0.3, 0.4) is 0 Å². The molecule has 0 amide bonds. The Morgan fingerprint density at radius 2 is 1.94 bits per heavy atom. The van der Waals surface area contributed by atoms with E-state index in [4.69, 9.17) is 9.84 Å². The molecule has 2 nitrogen and oxygen atoms in total. The molecular weight excluding hydrogens is 200 g/mol. The molecule has 0 atom stereocenters. The van der Waals surface area contributed by atoms with E-state index in [-0.39, 0.29) is 6.61 Å². The van der Waals surface area contributed by atoms with E-state index in [2.05, 4.69) is 19.9 Å². The minimum Gasteiger partial charge on any atom is -0.491 e. The highest BCUT2D eigenvalue weighted by molar-refractivity contribution is 5.36. The lowest BCUT2D eigenvalue weighted by Crippen LogP contribution is -2.04.